The number of alkyl halides is 3. The Bertz CT molecular complexity index is 1610. The molecule has 0 radical (unpaired) electrons. The number of halogens is 3. The molecule has 5 atom stereocenters. The summed E-state index contributed by atoms with van der Waals surface area (Å²) in [7, 11) is 0. The zero-order valence-corrected chi connectivity index (χ0v) is 24.5. The molecule has 0 bridgehead atoms. The summed E-state index contributed by atoms with van der Waals surface area (Å²) in [5.74, 6) is 0.556. The van der Waals surface area contributed by atoms with Gasteiger partial charge in [0.05, 0.1) is 41.7 Å². The molecule has 4 aromatic rings. The average Bonchev–Trinajstić information content (AvgIpc) is 3.49. The van der Waals surface area contributed by atoms with E-state index in [-0.39, 0.29) is 24.7 Å². The van der Waals surface area contributed by atoms with Crippen molar-refractivity contribution >= 4 is 22.7 Å². The van der Waals surface area contributed by atoms with Gasteiger partial charge in [0.2, 0.25) is 11.8 Å². The second kappa shape index (κ2) is 12.5. The number of furan rings is 1. The van der Waals surface area contributed by atoms with E-state index in [0.29, 0.717) is 52.2 Å². The van der Waals surface area contributed by atoms with Crippen LogP contribution in [-0.4, -0.2) is 68.1 Å². The first-order valence-corrected chi connectivity index (χ1v) is 14.2. The van der Waals surface area contributed by atoms with Crippen molar-refractivity contribution in [1.29, 1.82) is 0 Å². The predicted octanol–water partition coefficient (Wildman–Crippen LogP) is 4.89. The van der Waals surface area contributed by atoms with E-state index in [0.717, 1.165) is 5.39 Å². The van der Waals surface area contributed by atoms with Crippen LogP contribution in [0.3, 0.4) is 0 Å². The monoisotopic (exact) mass is 617 g/mol. The van der Waals surface area contributed by atoms with E-state index in [4.69, 9.17) is 14.1 Å². The summed E-state index contributed by atoms with van der Waals surface area (Å²) < 4.78 is 53.5. The summed E-state index contributed by atoms with van der Waals surface area (Å²) in [5, 5.41) is 38.0. The molecular formula is C30H34F3N5O6. The molecule has 3 heterocycles. The summed E-state index contributed by atoms with van der Waals surface area (Å²) in [4.78, 5) is 13.8. The molecule has 0 unspecified atom stereocenters. The van der Waals surface area contributed by atoms with Crippen molar-refractivity contribution in [2.45, 2.75) is 64.8 Å². The molecule has 14 heteroatoms. The van der Waals surface area contributed by atoms with Gasteiger partial charge in [0, 0.05) is 24.0 Å². The Balaban J connectivity index is 1.50. The largest absolute Gasteiger partial charge is 0.573 e. The minimum absolute atomic E-state index is 0.205. The quantitative estimate of drug-likeness (QED) is 0.165. The zero-order chi connectivity index (χ0) is 31.8. The van der Waals surface area contributed by atoms with Gasteiger partial charge < -0.3 is 39.8 Å². The number of aliphatic hydroxyl groups is 3. The Morgan fingerprint density at radius 3 is 2.41 bits per heavy atom. The van der Waals surface area contributed by atoms with Crippen LogP contribution in [0.25, 0.3) is 22.3 Å². The van der Waals surface area contributed by atoms with Crippen LogP contribution in [0.5, 0.6) is 11.6 Å². The fourth-order valence-electron chi connectivity index (χ4n) is 5.42. The van der Waals surface area contributed by atoms with E-state index in [1.54, 1.807) is 19.9 Å². The van der Waals surface area contributed by atoms with E-state index in [1.807, 2.05) is 19.9 Å². The molecule has 5 rings (SSSR count). The van der Waals surface area contributed by atoms with E-state index in [9.17, 15) is 28.5 Å². The first kappa shape index (κ1) is 31.3. The topological polar surface area (TPSA) is 155 Å². The predicted molar refractivity (Wildman–Crippen MR) is 155 cm³/mol. The number of hydrogen-bond donors (Lipinski definition) is 5. The summed E-state index contributed by atoms with van der Waals surface area (Å²) in [6.45, 7) is 7.40. The van der Waals surface area contributed by atoms with Crippen molar-refractivity contribution in [2.24, 2.45) is 5.92 Å². The third-order valence-corrected chi connectivity index (χ3v) is 7.59. The average molecular weight is 618 g/mol. The number of ether oxygens (including phenoxy) is 2. The van der Waals surface area contributed by atoms with E-state index < -0.39 is 36.6 Å². The van der Waals surface area contributed by atoms with E-state index in [2.05, 4.69) is 25.3 Å². The van der Waals surface area contributed by atoms with Gasteiger partial charge >= 0.3 is 6.36 Å². The number of aryl methyl sites for hydroxylation is 2. The number of anilines is 2. The highest BCUT2D eigenvalue weighted by molar-refractivity contribution is 5.88. The third-order valence-electron chi connectivity index (χ3n) is 7.59. The summed E-state index contributed by atoms with van der Waals surface area (Å²) in [6, 6.07) is 8.00. The number of hydrogen-bond acceptors (Lipinski definition) is 11. The normalized spacial score (nSPS) is 21.0. The van der Waals surface area contributed by atoms with Crippen molar-refractivity contribution in [3.63, 3.8) is 0 Å². The number of nitrogens with zero attached hydrogens (tertiary/aromatic N) is 3. The van der Waals surface area contributed by atoms with Gasteiger partial charge in [-0.1, -0.05) is 12.1 Å². The van der Waals surface area contributed by atoms with Crippen LogP contribution in [-0.2, 0) is 0 Å². The standard InChI is InChI=1S/C30H34F3N5O6/c1-5-42-23-12-18-11-22(43-27(18)16(4)34-23)24-15(3)36-29(38-28(24)37-21-10-19(13-39)25(40)26(21)41)35-14(2)17-6-8-20(9-7-17)44-30(31,32)33/h6-9,11-12,14,19,21,25-26,39-41H,5,10,13H2,1-4H3,(H2,35,36,37,38)/t14-,19-,21-,25-,26+/m1/s1. The van der Waals surface area contributed by atoms with E-state index in [1.165, 1.54) is 24.3 Å². The Kier molecular flexibility index (Phi) is 8.86. The lowest BCUT2D eigenvalue weighted by molar-refractivity contribution is -0.274. The van der Waals surface area contributed by atoms with Crippen LogP contribution in [0.2, 0.25) is 0 Å². The number of aromatic nitrogens is 3. The number of nitrogens with one attached hydrogen (secondary N) is 2. The Hall–Kier alpha value is -4.14. The van der Waals surface area contributed by atoms with Crippen molar-refractivity contribution in [3.05, 3.63) is 53.3 Å². The molecule has 1 aliphatic rings. The van der Waals surface area contributed by atoms with Gasteiger partial charge in [-0.25, -0.2) is 9.97 Å². The third kappa shape index (κ3) is 6.66. The SMILES string of the molecule is CCOc1cc2cc(-c3c(C)nc(N[C@H](C)c4ccc(OC(F)(F)F)cc4)nc3N[C@@H]3C[C@H](CO)[C@@H](O)[C@H]3O)oc2c(C)n1. The van der Waals surface area contributed by atoms with Gasteiger partial charge in [-0.3, -0.25) is 0 Å². The second-order valence-electron chi connectivity index (χ2n) is 10.8. The number of aliphatic hydroxyl groups excluding tert-OH is 3. The highest BCUT2D eigenvalue weighted by atomic mass is 19.4. The molecule has 3 aromatic heterocycles. The van der Waals surface area contributed by atoms with Crippen molar-refractivity contribution in [2.75, 3.05) is 23.8 Å². The Morgan fingerprint density at radius 1 is 1.05 bits per heavy atom. The Morgan fingerprint density at radius 2 is 1.77 bits per heavy atom. The summed E-state index contributed by atoms with van der Waals surface area (Å²) in [6.07, 6.45) is -6.79. The van der Waals surface area contributed by atoms with Crippen molar-refractivity contribution in [1.82, 2.24) is 15.0 Å². The van der Waals surface area contributed by atoms with Gasteiger partial charge in [0.1, 0.15) is 23.4 Å². The summed E-state index contributed by atoms with van der Waals surface area (Å²) >= 11 is 0. The maximum atomic E-state index is 12.6. The molecule has 1 fully saturated rings. The molecule has 0 amide bonds. The van der Waals surface area contributed by atoms with Gasteiger partial charge in [0.15, 0.2) is 5.58 Å². The van der Waals surface area contributed by atoms with E-state index >= 15 is 0 Å². The smallest absolute Gasteiger partial charge is 0.478 e. The highest BCUT2D eigenvalue weighted by Crippen LogP contribution is 2.38. The number of rotatable bonds is 10. The molecule has 1 saturated carbocycles. The van der Waals surface area contributed by atoms with Crippen LogP contribution in [0.1, 0.15) is 43.3 Å². The molecule has 1 aromatic carbocycles. The zero-order valence-electron chi connectivity index (χ0n) is 24.5. The molecule has 11 nitrogen and oxygen atoms in total. The van der Waals surface area contributed by atoms with Crippen LogP contribution in [0.15, 0.2) is 40.8 Å². The maximum absolute atomic E-state index is 12.6. The Labute approximate surface area is 251 Å². The second-order valence-corrected chi connectivity index (χ2v) is 10.8. The first-order chi connectivity index (χ1) is 20.9. The highest BCUT2D eigenvalue weighted by Gasteiger charge is 2.41. The van der Waals surface area contributed by atoms with Crippen molar-refractivity contribution < 1.29 is 42.4 Å². The molecule has 0 aliphatic heterocycles. The number of benzene rings is 1. The first-order valence-electron chi connectivity index (χ1n) is 14.2. The van der Waals surface area contributed by atoms with Gasteiger partial charge in [-0.05, 0) is 57.9 Å². The lowest BCUT2D eigenvalue weighted by atomic mass is 10.1. The van der Waals surface area contributed by atoms with Gasteiger partial charge in [-0.2, -0.15) is 4.98 Å². The molecular weight excluding hydrogens is 583 g/mol. The molecule has 5 N–H and O–H groups in total. The summed E-state index contributed by atoms with van der Waals surface area (Å²) in [5.41, 5.74) is 2.88. The van der Waals surface area contributed by atoms with Gasteiger partial charge in [-0.15, -0.1) is 13.2 Å². The van der Waals surface area contributed by atoms with Crippen LogP contribution < -0.4 is 20.1 Å². The fraction of sp³-hybridized carbons (Fsp3) is 0.433. The minimum Gasteiger partial charge on any atom is -0.478 e. The molecule has 0 spiro atoms. The number of fused-ring (bicyclic) bond motifs is 1. The maximum Gasteiger partial charge on any atom is 0.573 e. The molecule has 1 aliphatic carbocycles. The van der Waals surface area contributed by atoms with Crippen LogP contribution in [0.4, 0.5) is 24.9 Å². The van der Waals surface area contributed by atoms with Crippen LogP contribution >= 0.6 is 0 Å². The number of pyridine rings is 1. The fourth-order valence-corrected chi connectivity index (χ4v) is 5.42. The minimum atomic E-state index is -4.79. The molecule has 236 valence electrons. The van der Waals surface area contributed by atoms with Crippen molar-refractivity contribution in [3.8, 4) is 23.0 Å². The van der Waals surface area contributed by atoms with Gasteiger partial charge in [0.25, 0.3) is 0 Å². The molecule has 0 saturated heterocycles. The lowest BCUT2D eigenvalue weighted by Gasteiger charge is -2.22. The lowest BCUT2D eigenvalue weighted by Crippen LogP contribution is -2.35. The van der Waals surface area contributed by atoms with Crippen LogP contribution in [0, 0.1) is 19.8 Å². The molecule has 44 heavy (non-hydrogen) atoms.